The lowest BCUT2D eigenvalue weighted by Gasteiger charge is -2.34. The van der Waals surface area contributed by atoms with Crippen LogP contribution in [-0.2, 0) is 0 Å². The number of benzene rings is 1. The van der Waals surface area contributed by atoms with Crippen LogP contribution in [0.25, 0.3) is 0 Å². The van der Waals surface area contributed by atoms with Crippen LogP contribution in [-0.4, -0.2) is 41.4 Å². The van der Waals surface area contributed by atoms with E-state index in [0.29, 0.717) is 12.5 Å². The molecule has 1 fully saturated rings. The molecular weight excluding hydrogens is 262 g/mol. The van der Waals surface area contributed by atoms with Gasteiger partial charge >= 0.3 is 0 Å². The summed E-state index contributed by atoms with van der Waals surface area (Å²) in [5.74, 6) is 0.401. The fourth-order valence-electron chi connectivity index (χ4n) is 3.22. The molecular formula is C18H29NO2. The number of aliphatic hydroxyl groups is 2. The first kappa shape index (κ1) is 16.5. The number of likely N-dealkylation sites (tertiary alicyclic amines) is 1. The van der Waals surface area contributed by atoms with Crippen LogP contribution in [0.5, 0.6) is 0 Å². The maximum Gasteiger partial charge on any atom is 0.0819 e. The third-order valence-corrected chi connectivity index (χ3v) is 4.60. The molecule has 118 valence electrons. The summed E-state index contributed by atoms with van der Waals surface area (Å²) < 4.78 is 0. The molecule has 1 aromatic rings. The summed E-state index contributed by atoms with van der Waals surface area (Å²) in [7, 11) is 0. The highest BCUT2D eigenvalue weighted by Gasteiger charge is 2.25. The van der Waals surface area contributed by atoms with Crippen molar-refractivity contribution in [3.8, 4) is 0 Å². The minimum absolute atomic E-state index is 0.307. The number of aliphatic hydroxyl groups excluding tert-OH is 2. The normalized spacial score (nSPS) is 18.8. The predicted octanol–water partition coefficient (Wildman–Crippen LogP) is 2.98. The van der Waals surface area contributed by atoms with E-state index in [0.717, 1.165) is 44.3 Å². The number of rotatable bonds is 8. The molecule has 3 heteroatoms. The topological polar surface area (TPSA) is 43.7 Å². The zero-order chi connectivity index (χ0) is 14.9. The highest BCUT2D eigenvalue weighted by molar-refractivity contribution is 5.18. The van der Waals surface area contributed by atoms with Gasteiger partial charge in [-0.3, -0.25) is 0 Å². The van der Waals surface area contributed by atoms with Crippen LogP contribution < -0.4 is 0 Å². The fraction of sp³-hybridized carbons (Fsp3) is 0.667. The van der Waals surface area contributed by atoms with Crippen molar-refractivity contribution in [1.29, 1.82) is 0 Å². The Bertz CT molecular complexity index is 374. The van der Waals surface area contributed by atoms with Crippen molar-refractivity contribution in [2.24, 2.45) is 5.92 Å². The molecule has 0 aliphatic carbocycles. The summed E-state index contributed by atoms with van der Waals surface area (Å²) in [5, 5.41) is 19.2. The summed E-state index contributed by atoms with van der Waals surface area (Å²) in [5.41, 5.74) is 1.06. The highest BCUT2D eigenvalue weighted by Crippen LogP contribution is 2.30. The maximum absolute atomic E-state index is 10.5. The van der Waals surface area contributed by atoms with Gasteiger partial charge in [0.1, 0.15) is 0 Å². The van der Waals surface area contributed by atoms with E-state index in [1.165, 1.54) is 19.4 Å². The van der Waals surface area contributed by atoms with Crippen molar-refractivity contribution in [3.63, 3.8) is 0 Å². The van der Waals surface area contributed by atoms with Gasteiger partial charge in [-0.15, -0.1) is 0 Å². The van der Waals surface area contributed by atoms with Crippen molar-refractivity contribution < 1.29 is 10.2 Å². The Morgan fingerprint density at radius 3 is 2.33 bits per heavy atom. The van der Waals surface area contributed by atoms with Crippen molar-refractivity contribution >= 4 is 0 Å². The van der Waals surface area contributed by atoms with Gasteiger partial charge in [-0.1, -0.05) is 43.2 Å². The second kappa shape index (κ2) is 9.19. The molecule has 21 heavy (non-hydrogen) atoms. The van der Waals surface area contributed by atoms with Gasteiger partial charge in [0, 0.05) is 6.61 Å². The predicted molar refractivity (Wildman–Crippen MR) is 86.1 cm³/mol. The van der Waals surface area contributed by atoms with Gasteiger partial charge in [0.15, 0.2) is 0 Å². The van der Waals surface area contributed by atoms with Crippen LogP contribution in [0.3, 0.4) is 0 Å². The number of nitrogens with zero attached hydrogens (tertiary/aromatic N) is 1. The first-order chi connectivity index (χ1) is 10.3. The van der Waals surface area contributed by atoms with Crippen molar-refractivity contribution in [2.45, 2.75) is 44.6 Å². The molecule has 1 aliphatic rings. The lowest BCUT2D eigenvalue weighted by molar-refractivity contribution is 0.0584. The van der Waals surface area contributed by atoms with Crippen LogP contribution in [0, 0.1) is 5.92 Å². The van der Waals surface area contributed by atoms with Gasteiger partial charge < -0.3 is 15.1 Å². The first-order valence-corrected chi connectivity index (χ1v) is 8.37. The quantitative estimate of drug-likeness (QED) is 0.724. The zero-order valence-corrected chi connectivity index (χ0v) is 13.0. The lowest BCUT2D eigenvalue weighted by Crippen LogP contribution is -2.36. The van der Waals surface area contributed by atoms with E-state index in [1.807, 2.05) is 30.3 Å². The lowest BCUT2D eigenvalue weighted by atomic mass is 9.87. The molecule has 0 radical (unpaired) electrons. The van der Waals surface area contributed by atoms with Gasteiger partial charge in [-0.2, -0.15) is 0 Å². The van der Waals surface area contributed by atoms with E-state index >= 15 is 0 Å². The number of hydrogen-bond acceptors (Lipinski definition) is 3. The molecule has 0 amide bonds. The summed E-state index contributed by atoms with van der Waals surface area (Å²) in [4.78, 5) is 2.52. The van der Waals surface area contributed by atoms with Crippen LogP contribution >= 0.6 is 0 Å². The monoisotopic (exact) mass is 291 g/mol. The molecule has 1 aliphatic heterocycles. The Kier molecular flexibility index (Phi) is 7.20. The standard InChI is InChI=1S/C18H29NO2/c20-15-7-2-1-6-12-19-13-10-17(11-14-19)18(21)16-8-4-3-5-9-16/h3-5,8-9,17-18,20-21H,1-2,6-7,10-15H2. The fourth-order valence-corrected chi connectivity index (χ4v) is 3.22. The molecule has 1 atom stereocenters. The van der Waals surface area contributed by atoms with Crippen LogP contribution in [0.1, 0.15) is 50.2 Å². The molecule has 1 unspecified atom stereocenters. The summed E-state index contributed by atoms with van der Waals surface area (Å²) in [6.07, 6.45) is 6.39. The third-order valence-electron chi connectivity index (χ3n) is 4.60. The second-order valence-corrected chi connectivity index (χ2v) is 6.17. The Morgan fingerprint density at radius 1 is 1.00 bits per heavy atom. The van der Waals surface area contributed by atoms with Crippen LogP contribution in [0.4, 0.5) is 0 Å². The molecule has 1 heterocycles. The minimum Gasteiger partial charge on any atom is -0.396 e. The molecule has 2 N–H and O–H groups in total. The third kappa shape index (κ3) is 5.42. The van der Waals surface area contributed by atoms with Gasteiger partial charge in [-0.05, 0) is 56.8 Å². The van der Waals surface area contributed by atoms with Crippen LogP contribution in [0.2, 0.25) is 0 Å². The van der Waals surface area contributed by atoms with Gasteiger partial charge in [0.2, 0.25) is 0 Å². The molecule has 0 aromatic heterocycles. The van der Waals surface area contributed by atoms with Crippen molar-refractivity contribution in [2.75, 3.05) is 26.2 Å². The molecule has 2 rings (SSSR count). The maximum atomic E-state index is 10.5. The highest BCUT2D eigenvalue weighted by atomic mass is 16.3. The largest absolute Gasteiger partial charge is 0.396 e. The van der Waals surface area contributed by atoms with Gasteiger partial charge in [0.25, 0.3) is 0 Å². The van der Waals surface area contributed by atoms with E-state index in [1.54, 1.807) is 0 Å². The second-order valence-electron chi connectivity index (χ2n) is 6.17. The summed E-state index contributed by atoms with van der Waals surface area (Å²) in [6, 6.07) is 10.0. The van der Waals surface area contributed by atoms with E-state index < -0.39 is 0 Å². The average molecular weight is 291 g/mol. The summed E-state index contributed by atoms with van der Waals surface area (Å²) in [6.45, 7) is 3.70. The Hall–Kier alpha value is -0.900. The molecule has 0 saturated carbocycles. The van der Waals surface area contributed by atoms with E-state index in [4.69, 9.17) is 5.11 Å². The average Bonchev–Trinajstić information content (AvgIpc) is 2.55. The SMILES string of the molecule is OCCCCCCN1CCC(C(O)c2ccccc2)CC1. The smallest absolute Gasteiger partial charge is 0.0819 e. The zero-order valence-electron chi connectivity index (χ0n) is 13.0. The van der Waals surface area contributed by atoms with E-state index in [2.05, 4.69) is 4.90 Å². The Morgan fingerprint density at radius 2 is 1.67 bits per heavy atom. The molecule has 0 spiro atoms. The molecule has 3 nitrogen and oxygen atoms in total. The number of unbranched alkanes of at least 4 members (excludes halogenated alkanes) is 3. The minimum atomic E-state index is -0.307. The molecule has 1 aromatic carbocycles. The van der Waals surface area contributed by atoms with Crippen molar-refractivity contribution in [3.05, 3.63) is 35.9 Å². The first-order valence-electron chi connectivity index (χ1n) is 8.37. The Labute approximate surface area is 128 Å². The van der Waals surface area contributed by atoms with Crippen molar-refractivity contribution in [1.82, 2.24) is 4.90 Å². The number of hydrogen-bond donors (Lipinski definition) is 2. The van der Waals surface area contributed by atoms with Gasteiger partial charge in [-0.25, -0.2) is 0 Å². The molecule has 1 saturated heterocycles. The Balaban J connectivity index is 1.66. The number of piperidine rings is 1. The van der Waals surface area contributed by atoms with Crippen LogP contribution in [0.15, 0.2) is 30.3 Å². The van der Waals surface area contributed by atoms with Gasteiger partial charge in [0.05, 0.1) is 6.10 Å². The molecule has 0 bridgehead atoms. The summed E-state index contributed by atoms with van der Waals surface area (Å²) >= 11 is 0. The van der Waals surface area contributed by atoms with E-state index in [-0.39, 0.29) is 6.10 Å². The van der Waals surface area contributed by atoms with E-state index in [9.17, 15) is 5.11 Å².